The molecular weight excluding hydrogens is 969 g/mol. The SMILES string of the molecule is NC(N)=C(/C=C(\N)c1ccccc1O)N1CCN(C(=O)CCOCCOCCOCCOCCNC(=O)c2ccc3c(c2)C2(OC3=O)c3cc4c5c(c3Oc3c2cc2c6c3CCCN6CCC2)CCCN5CCC4)CC1. The Bertz CT molecular complexity index is 2860. The normalized spacial score (nSPS) is 17.7. The van der Waals surface area contributed by atoms with Crippen molar-refractivity contribution in [1.29, 1.82) is 0 Å². The molecule has 7 heterocycles. The number of phenolic OH excluding ortho intramolecular Hbond substituents is 1. The highest BCUT2D eigenvalue weighted by Crippen LogP contribution is 2.62. The minimum Gasteiger partial charge on any atom is -0.507 e. The molecule has 0 bridgehead atoms. The van der Waals surface area contributed by atoms with Crippen LogP contribution < -0.4 is 37.1 Å². The highest BCUT2D eigenvalue weighted by atomic mass is 16.6. The molecule has 1 fully saturated rings. The maximum absolute atomic E-state index is 14.2. The quantitative estimate of drug-likeness (QED) is 0.0484. The predicted molar refractivity (Wildman–Crippen MR) is 286 cm³/mol. The summed E-state index contributed by atoms with van der Waals surface area (Å²) in [6, 6.07) is 16.6. The number of nitrogens with two attached hydrogens (primary N) is 3. The van der Waals surface area contributed by atoms with Crippen molar-refractivity contribution >= 4 is 34.9 Å². The molecule has 11 rings (SSSR count). The number of allylic oxidation sites excluding steroid dienone is 1. The van der Waals surface area contributed by atoms with E-state index in [0.29, 0.717) is 113 Å². The van der Waals surface area contributed by atoms with Gasteiger partial charge in [-0.3, -0.25) is 9.59 Å². The molecule has 0 aromatic heterocycles. The standard InChI is InChI=1S/C58H70N8O10/c59-47(41-9-1-2-12-49(41)67)36-48(55(60)61)63-21-23-64(24-22-63)50(68)15-25-71-27-29-73-31-32-74-30-28-72-26-16-62-56(69)39-13-14-40-44(35-39)58(76-57(40)70)45-33-37-7-3-17-65-19-5-10-42(51(37)65)53(45)75-54-43-11-6-20-66-18-4-8-38(52(43)66)34-46(54)58/h1-2,9,12-14,33-36,67H,3-8,10-11,15-32,59-61H2,(H,62,69)/b47-36-. The topological polar surface area (TPSA) is 230 Å². The zero-order valence-electron chi connectivity index (χ0n) is 43.3. The van der Waals surface area contributed by atoms with Gasteiger partial charge in [-0.05, 0) is 111 Å². The summed E-state index contributed by atoms with van der Waals surface area (Å²) in [6.45, 7) is 9.21. The lowest BCUT2D eigenvalue weighted by Gasteiger charge is -2.45. The van der Waals surface area contributed by atoms with E-state index in [1.54, 1.807) is 47.4 Å². The monoisotopic (exact) mass is 1040 g/mol. The molecule has 402 valence electrons. The summed E-state index contributed by atoms with van der Waals surface area (Å²) in [6.07, 6.45) is 9.80. The molecule has 7 aliphatic heterocycles. The highest BCUT2D eigenvalue weighted by Gasteiger charge is 2.56. The van der Waals surface area contributed by atoms with Crippen LogP contribution in [0.2, 0.25) is 0 Å². The maximum Gasteiger partial charge on any atom is 0.340 e. The first kappa shape index (κ1) is 51.1. The number of benzene rings is 4. The Morgan fingerprint density at radius 2 is 1.21 bits per heavy atom. The number of aromatic hydroxyl groups is 1. The van der Waals surface area contributed by atoms with Crippen LogP contribution in [0.5, 0.6) is 17.2 Å². The second-order valence-corrected chi connectivity index (χ2v) is 20.6. The van der Waals surface area contributed by atoms with Crippen molar-refractivity contribution in [1.82, 2.24) is 15.1 Å². The van der Waals surface area contributed by atoms with Gasteiger partial charge in [0.2, 0.25) is 5.91 Å². The number of hydrogen-bond donors (Lipinski definition) is 5. The molecule has 0 radical (unpaired) electrons. The average molecular weight is 1040 g/mol. The molecule has 0 unspecified atom stereocenters. The van der Waals surface area contributed by atoms with E-state index < -0.39 is 11.6 Å². The van der Waals surface area contributed by atoms with E-state index >= 15 is 0 Å². The first-order chi connectivity index (χ1) is 37.1. The first-order valence-corrected chi connectivity index (χ1v) is 27.2. The fourth-order valence-electron chi connectivity index (χ4n) is 12.4. The van der Waals surface area contributed by atoms with Gasteiger partial charge in [0, 0.05) is 115 Å². The van der Waals surface area contributed by atoms with Gasteiger partial charge in [-0.2, -0.15) is 0 Å². The minimum absolute atomic E-state index is 0.000347. The van der Waals surface area contributed by atoms with Crippen LogP contribution in [0.3, 0.4) is 0 Å². The molecule has 2 amide bonds. The molecule has 18 nitrogen and oxygen atoms in total. The molecule has 7 aliphatic rings. The van der Waals surface area contributed by atoms with Crippen molar-refractivity contribution in [3.8, 4) is 17.2 Å². The van der Waals surface area contributed by atoms with Gasteiger partial charge in [0.15, 0.2) is 5.60 Å². The lowest BCUT2D eigenvalue weighted by molar-refractivity contribution is -0.134. The molecule has 76 heavy (non-hydrogen) atoms. The van der Waals surface area contributed by atoms with Crippen LogP contribution in [-0.4, -0.2) is 144 Å². The highest BCUT2D eigenvalue weighted by molar-refractivity contribution is 6.01. The predicted octanol–water partition coefficient (Wildman–Crippen LogP) is 4.77. The zero-order valence-corrected chi connectivity index (χ0v) is 43.3. The Balaban J connectivity index is 0.617. The largest absolute Gasteiger partial charge is 0.507 e. The summed E-state index contributed by atoms with van der Waals surface area (Å²) in [5, 5.41) is 13.2. The van der Waals surface area contributed by atoms with Crippen LogP contribution in [0, 0.1) is 0 Å². The summed E-state index contributed by atoms with van der Waals surface area (Å²) in [5.74, 6) is 1.14. The van der Waals surface area contributed by atoms with Crippen LogP contribution in [-0.2, 0) is 59.8 Å². The number of nitrogens with zero attached hydrogens (tertiary/aromatic N) is 4. The number of piperazine rings is 1. The van der Waals surface area contributed by atoms with Crippen molar-refractivity contribution in [3.05, 3.63) is 128 Å². The number of aryl methyl sites for hydroxylation is 2. The number of hydrogen-bond acceptors (Lipinski definition) is 16. The molecule has 18 heteroatoms. The lowest BCUT2D eigenvalue weighted by atomic mass is 9.72. The number of anilines is 2. The fraction of sp³-hybridized carbons (Fsp3) is 0.466. The van der Waals surface area contributed by atoms with E-state index in [2.05, 4.69) is 27.2 Å². The Hall–Kier alpha value is -6.99. The van der Waals surface area contributed by atoms with Crippen LogP contribution in [0.25, 0.3) is 5.70 Å². The summed E-state index contributed by atoms with van der Waals surface area (Å²) in [7, 11) is 0. The van der Waals surface area contributed by atoms with Crippen molar-refractivity contribution in [2.75, 3.05) is 122 Å². The Kier molecular flexibility index (Phi) is 15.0. The van der Waals surface area contributed by atoms with Crippen molar-refractivity contribution in [3.63, 3.8) is 0 Å². The summed E-state index contributed by atoms with van der Waals surface area (Å²) in [4.78, 5) is 49.7. The van der Waals surface area contributed by atoms with E-state index in [1.165, 1.54) is 33.6 Å². The van der Waals surface area contributed by atoms with Crippen LogP contribution in [0.15, 0.2) is 72.2 Å². The van der Waals surface area contributed by atoms with E-state index in [9.17, 15) is 19.5 Å². The molecule has 8 N–H and O–H groups in total. The van der Waals surface area contributed by atoms with Gasteiger partial charge < -0.3 is 75.6 Å². The van der Waals surface area contributed by atoms with Crippen molar-refractivity contribution in [2.24, 2.45) is 17.2 Å². The van der Waals surface area contributed by atoms with Crippen LogP contribution in [0.4, 0.5) is 11.4 Å². The molecular formula is C58H70N8O10. The van der Waals surface area contributed by atoms with Gasteiger partial charge in [0.05, 0.1) is 70.5 Å². The minimum atomic E-state index is -1.26. The molecule has 1 saturated heterocycles. The molecule has 1 spiro atoms. The van der Waals surface area contributed by atoms with Gasteiger partial charge in [-0.25, -0.2) is 4.79 Å². The van der Waals surface area contributed by atoms with E-state index in [-0.39, 0.29) is 36.4 Å². The number of carbonyl (C=O) groups excluding carboxylic acids is 3. The fourth-order valence-corrected chi connectivity index (χ4v) is 12.4. The second-order valence-electron chi connectivity index (χ2n) is 20.6. The number of amides is 2. The van der Waals surface area contributed by atoms with Gasteiger partial charge in [0.25, 0.3) is 5.91 Å². The molecule has 0 aliphatic carbocycles. The third kappa shape index (κ3) is 9.87. The Morgan fingerprint density at radius 3 is 1.80 bits per heavy atom. The van der Waals surface area contributed by atoms with E-state index in [0.717, 1.165) is 100 Å². The summed E-state index contributed by atoms with van der Waals surface area (Å²) < 4.78 is 36.8. The number of fused-ring (bicyclic) bond motifs is 8. The van der Waals surface area contributed by atoms with Gasteiger partial charge >= 0.3 is 5.97 Å². The zero-order chi connectivity index (χ0) is 52.3. The van der Waals surface area contributed by atoms with Gasteiger partial charge in [-0.15, -0.1) is 0 Å². The van der Waals surface area contributed by atoms with Gasteiger partial charge in [0.1, 0.15) is 23.1 Å². The summed E-state index contributed by atoms with van der Waals surface area (Å²) >= 11 is 0. The number of rotatable bonds is 19. The number of nitrogens with one attached hydrogen (secondary N) is 1. The molecule has 0 saturated carbocycles. The number of esters is 1. The van der Waals surface area contributed by atoms with Gasteiger partial charge in [-0.1, -0.05) is 12.1 Å². The molecule has 4 aromatic rings. The second kappa shape index (κ2) is 22.3. The molecule has 4 aromatic carbocycles. The lowest BCUT2D eigenvalue weighted by Crippen LogP contribution is -2.49. The third-order valence-electron chi connectivity index (χ3n) is 15.9. The number of para-hydroxylation sites is 1. The van der Waals surface area contributed by atoms with E-state index in [4.69, 9.17) is 45.6 Å². The van der Waals surface area contributed by atoms with Crippen molar-refractivity contribution < 1.29 is 47.9 Å². The first-order valence-electron chi connectivity index (χ1n) is 27.2. The Morgan fingerprint density at radius 1 is 0.658 bits per heavy atom. The number of carbonyl (C=O) groups is 3. The number of phenols is 1. The average Bonchev–Trinajstić information content (AvgIpc) is 3.94. The molecule has 0 atom stereocenters. The number of ether oxygens (including phenoxy) is 6. The summed E-state index contributed by atoms with van der Waals surface area (Å²) in [5.41, 5.74) is 29.3. The van der Waals surface area contributed by atoms with Crippen LogP contribution >= 0.6 is 0 Å². The van der Waals surface area contributed by atoms with Crippen molar-refractivity contribution in [2.45, 2.75) is 63.4 Å². The van der Waals surface area contributed by atoms with E-state index in [1.807, 2.05) is 11.0 Å². The maximum atomic E-state index is 14.2. The Labute approximate surface area is 443 Å². The smallest absolute Gasteiger partial charge is 0.340 e. The third-order valence-corrected chi connectivity index (χ3v) is 15.9. The van der Waals surface area contributed by atoms with Crippen LogP contribution in [0.1, 0.15) is 97.3 Å².